The second kappa shape index (κ2) is 9.62. The molecule has 2 rings (SSSR count). The van der Waals surface area contributed by atoms with Gasteiger partial charge in [-0.25, -0.2) is 0 Å². The molecule has 0 aromatic heterocycles. The van der Waals surface area contributed by atoms with Gasteiger partial charge in [0.15, 0.2) is 0 Å². The average Bonchev–Trinajstić information content (AvgIpc) is 2.56. The Labute approximate surface area is 138 Å². The van der Waals surface area contributed by atoms with Crippen molar-refractivity contribution in [3.05, 3.63) is 48.5 Å². The Kier molecular flexibility index (Phi) is 7.11. The van der Waals surface area contributed by atoms with E-state index in [1.165, 1.54) is 19.3 Å². The van der Waals surface area contributed by atoms with Crippen LogP contribution in [0.4, 0.5) is 11.4 Å². The first-order chi connectivity index (χ1) is 11.2. The molecule has 2 aromatic rings. The molecule has 23 heavy (non-hydrogen) atoms. The van der Waals surface area contributed by atoms with E-state index in [2.05, 4.69) is 0 Å². The van der Waals surface area contributed by atoms with Crippen LogP contribution < -0.4 is 20.9 Å². The van der Waals surface area contributed by atoms with Crippen LogP contribution in [0.3, 0.4) is 0 Å². The monoisotopic (exact) mass is 314 g/mol. The number of nitrogens with two attached hydrogens (primary N) is 2. The molecule has 0 heterocycles. The smallest absolute Gasteiger partial charge is 0.119 e. The molecule has 0 aliphatic rings. The predicted molar refractivity (Wildman–Crippen MR) is 95.8 cm³/mol. The van der Waals surface area contributed by atoms with E-state index < -0.39 is 0 Å². The summed E-state index contributed by atoms with van der Waals surface area (Å²) in [4.78, 5) is 0. The fourth-order valence-corrected chi connectivity index (χ4v) is 2.24. The minimum absolute atomic E-state index is 0.756. The van der Waals surface area contributed by atoms with Gasteiger partial charge in [-0.3, -0.25) is 0 Å². The Morgan fingerprint density at radius 3 is 1.26 bits per heavy atom. The predicted octanol–water partition coefficient (Wildman–Crippen LogP) is 4.26. The van der Waals surface area contributed by atoms with Crippen molar-refractivity contribution in [3.63, 3.8) is 0 Å². The van der Waals surface area contributed by atoms with E-state index in [4.69, 9.17) is 20.9 Å². The van der Waals surface area contributed by atoms with Crippen LogP contribution in [-0.4, -0.2) is 13.2 Å². The van der Waals surface area contributed by atoms with Crippen LogP contribution in [0.25, 0.3) is 0 Å². The molecule has 0 radical (unpaired) electrons. The standard InChI is InChI=1S/C19H26N2O2/c20-16-6-10-18(11-7-16)22-14-4-2-1-3-5-15-23-19-12-8-17(21)9-13-19/h6-13H,1-5,14-15,20-21H2. The summed E-state index contributed by atoms with van der Waals surface area (Å²) in [5.74, 6) is 1.77. The maximum atomic E-state index is 5.67. The highest BCUT2D eigenvalue weighted by molar-refractivity contribution is 5.42. The van der Waals surface area contributed by atoms with Crippen LogP contribution in [-0.2, 0) is 0 Å². The molecule has 0 atom stereocenters. The topological polar surface area (TPSA) is 70.5 Å². The first kappa shape index (κ1) is 17.0. The van der Waals surface area contributed by atoms with Crippen molar-refractivity contribution in [2.45, 2.75) is 32.1 Å². The molecule has 0 saturated carbocycles. The minimum atomic E-state index is 0.756. The van der Waals surface area contributed by atoms with Gasteiger partial charge in [-0.2, -0.15) is 0 Å². The number of unbranched alkanes of at least 4 members (excludes halogenated alkanes) is 4. The first-order valence-corrected chi connectivity index (χ1v) is 8.21. The fraction of sp³-hybridized carbons (Fsp3) is 0.368. The van der Waals surface area contributed by atoms with Crippen molar-refractivity contribution in [3.8, 4) is 11.5 Å². The van der Waals surface area contributed by atoms with E-state index in [0.717, 1.165) is 48.9 Å². The molecule has 2 aromatic carbocycles. The van der Waals surface area contributed by atoms with Crippen molar-refractivity contribution in [2.24, 2.45) is 0 Å². The lowest BCUT2D eigenvalue weighted by atomic mass is 10.1. The molecule has 0 fully saturated rings. The molecule has 4 N–H and O–H groups in total. The maximum Gasteiger partial charge on any atom is 0.119 e. The summed E-state index contributed by atoms with van der Waals surface area (Å²) in [5.41, 5.74) is 12.8. The third-order valence-corrected chi connectivity index (χ3v) is 3.59. The zero-order chi connectivity index (χ0) is 16.3. The largest absolute Gasteiger partial charge is 0.494 e. The summed E-state index contributed by atoms with van der Waals surface area (Å²) in [6, 6.07) is 15.1. The fourth-order valence-electron chi connectivity index (χ4n) is 2.24. The van der Waals surface area contributed by atoms with Gasteiger partial charge in [0.2, 0.25) is 0 Å². The first-order valence-electron chi connectivity index (χ1n) is 8.21. The van der Waals surface area contributed by atoms with Gasteiger partial charge in [0.05, 0.1) is 13.2 Å². The average molecular weight is 314 g/mol. The summed E-state index contributed by atoms with van der Waals surface area (Å²) in [7, 11) is 0. The van der Waals surface area contributed by atoms with Crippen LogP contribution in [0, 0.1) is 0 Å². The van der Waals surface area contributed by atoms with E-state index in [1.54, 1.807) is 0 Å². The van der Waals surface area contributed by atoms with Crippen LogP contribution >= 0.6 is 0 Å². The summed E-state index contributed by atoms with van der Waals surface area (Å²) in [6.45, 7) is 1.51. The van der Waals surface area contributed by atoms with Gasteiger partial charge < -0.3 is 20.9 Å². The van der Waals surface area contributed by atoms with Gasteiger partial charge in [-0.1, -0.05) is 19.3 Å². The third-order valence-electron chi connectivity index (χ3n) is 3.59. The zero-order valence-electron chi connectivity index (χ0n) is 13.5. The van der Waals surface area contributed by atoms with Crippen molar-refractivity contribution in [1.29, 1.82) is 0 Å². The molecule has 0 bridgehead atoms. The van der Waals surface area contributed by atoms with E-state index in [1.807, 2.05) is 48.5 Å². The van der Waals surface area contributed by atoms with E-state index in [0.29, 0.717) is 0 Å². The molecule has 0 aliphatic carbocycles. The summed E-state index contributed by atoms with van der Waals surface area (Å²) < 4.78 is 11.3. The van der Waals surface area contributed by atoms with Crippen molar-refractivity contribution in [1.82, 2.24) is 0 Å². The lowest BCUT2D eigenvalue weighted by Gasteiger charge is -2.07. The number of rotatable bonds is 10. The lowest BCUT2D eigenvalue weighted by molar-refractivity contribution is 0.293. The number of anilines is 2. The van der Waals surface area contributed by atoms with Crippen LogP contribution in [0.1, 0.15) is 32.1 Å². The van der Waals surface area contributed by atoms with Crippen LogP contribution in [0.2, 0.25) is 0 Å². The Morgan fingerprint density at radius 1 is 0.522 bits per heavy atom. The minimum Gasteiger partial charge on any atom is -0.494 e. The molecule has 4 heteroatoms. The number of hydrogen-bond acceptors (Lipinski definition) is 4. The number of nitrogen functional groups attached to an aromatic ring is 2. The van der Waals surface area contributed by atoms with Crippen molar-refractivity contribution >= 4 is 11.4 Å². The van der Waals surface area contributed by atoms with Gasteiger partial charge in [0.1, 0.15) is 11.5 Å². The Morgan fingerprint density at radius 2 is 0.870 bits per heavy atom. The molecule has 0 spiro atoms. The number of benzene rings is 2. The van der Waals surface area contributed by atoms with Gasteiger partial charge >= 0.3 is 0 Å². The maximum absolute atomic E-state index is 5.67. The molecule has 0 saturated heterocycles. The highest BCUT2D eigenvalue weighted by atomic mass is 16.5. The van der Waals surface area contributed by atoms with Crippen LogP contribution in [0.5, 0.6) is 11.5 Å². The molecular formula is C19H26N2O2. The van der Waals surface area contributed by atoms with Gasteiger partial charge in [0, 0.05) is 11.4 Å². The Bertz CT molecular complexity index is 501. The van der Waals surface area contributed by atoms with Gasteiger partial charge in [-0.05, 0) is 61.4 Å². The Hall–Kier alpha value is -2.36. The molecule has 124 valence electrons. The molecule has 4 nitrogen and oxygen atoms in total. The lowest BCUT2D eigenvalue weighted by Crippen LogP contribution is -1.99. The second-order valence-corrected chi connectivity index (χ2v) is 5.60. The summed E-state index contributed by atoms with van der Waals surface area (Å²) in [5, 5.41) is 0. The van der Waals surface area contributed by atoms with Crippen LogP contribution in [0.15, 0.2) is 48.5 Å². The molecule has 0 aliphatic heterocycles. The molecule has 0 unspecified atom stereocenters. The van der Waals surface area contributed by atoms with E-state index in [-0.39, 0.29) is 0 Å². The SMILES string of the molecule is Nc1ccc(OCCCCCCCOc2ccc(N)cc2)cc1. The second-order valence-electron chi connectivity index (χ2n) is 5.60. The highest BCUT2D eigenvalue weighted by Crippen LogP contribution is 2.15. The van der Waals surface area contributed by atoms with Gasteiger partial charge in [0.25, 0.3) is 0 Å². The van der Waals surface area contributed by atoms with Gasteiger partial charge in [-0.15, -0.1) is 0 Å². The quantitative estimate of drug-likeness (QED) is 0.508. The summed E-state index contributed by atoms with van der Waals surface area (Å²) >= 11 is 0. The third kappa shape index (κ3) is 6.96. The molecular weight excluding hydrogens is 288 g/mol. The number of hydrogen-bond donors (Lipinski definition) is 2. The van der Waals surface area contributed by atoms with E-state index >= 15 is 0 Å². The zero-order valence-corrected chi connectivity index (χ0v) is 13.5. The Balaban J connectivity index is 1.43. The number of ether oxygens (including phenoxy) is 2. The summed E-state index contributed by atoms with van der Waals surface area (Å²) in [6.07, 6.45) is 5.70. The van der Waals surface area contributed by atoms with Crippen molar-refractivity contribution < 1.29 is 9.47 Å². The highest BCUT2D eigenvalue weighted by Gasteiger charge is 1.96. The molecule has 0 amide bonds. The van der Waals surface area contributed by atoms with Crippen molar-refractivity contribution in [2.75, 3.05) is 24.7 Å². The van der Waals surface area contributed by atoms with E-state index in [9.17, 15) is 0 Å². The normalized spacial score (nSPS) is 10.4.